The van der Waals surface area contributed by atoms with Crippen LogP contribution in [0.5, 0.6) is 0 Å². The van der Waals surface area contributed by atoms with Crippen molar-refractivity contribution >= 4 is 0 Å². The fraction of sp³-hybridized carbons (Fsp3) is 0.0769. The van der Waals surface area contributed by atoms with Gasteiger partial charge >= 0.3 is 0 Å². The molecule has 8 aromatic rings. The Morgan fingerprint density at radius 1 is 0.407 bits per heavy atom. The molecule has 54 heavy (non-hydrogen) atoms. The lowest BCUT2D eigenvalue weighted by Crippen LogP contribution is -2.40. The predicted octanol–water partition coefficient (Wildman–Crippen LogP) is 12.6. The molecule has 0 fully saturated rings. The molecule has 0 saturated carbocycles. The third-order valence-electron chi connectivity index (χ3n) is 11.8. The minimum Gasteiger partial charge on any atom is -0.248 e. The minimum absolute atomic E-state index is 0.131. The van der Waals surface area contributed by atoms with Crippen LogP contribution in [-0.2, 0) is 10.8 Å². The summed E-state index contributed by atoms with van der Waals surface area (Å²) in [6.07, 6.45) is 0. The van der Waals surface area contributed by atoms with Gasteiger partial charge in [-0.15, -0.1) is 0 Å². The summed E-state index contributed by atoms with van der Waals surface area (Å²) in [5, 5.41) is 9.62. The van der Waals surface area contributed by atoms with E-state index in [2.05, 4.69) is 166 Å². The van der Waals surface area contributed by atoms with Crippen molar-refractivity contribution in [3.63, 3.8) is 0 Å². The summed E-state index contributed by atoms with van der Waals surface area (Å²) >= 11 is 0. The number of rotatable bonds is 4. The first kappa shape index (κ1) is 31.9. The number of hydrogen-bond donors (Lipinski definition) is 0. The Bertz CT molecular complexity index is 2750. The van der Waals surface area contributed by atoms with Crippen LogP contribution in [-0.4, -0.2) is 4.98 Å². The molecule has 0 radical (unpaired) electrons. The first-order valence-electron chi connectivity index (χ1n) is 18.6. The fourth-order valence-electron chi connectivity index (χ4n) is 9.34. The number of benzene rings is 7. The molecule has 1 aromatic heterocycles. The second-order valence-electron chi connectivity index (χ2n) is 15.0. The van der Waals surface area contributed by atoms with Crippen molar-refractivity contribution in [1.82, 2.24) is 4.98 Å². The summed E-state index contributed by atoms with van der Waals surface area (Å²) in [5.41, 5.74) is 19.1. The van der Waals surface area contributed by atoms with Gasteiger partial charge in [0.25, 0.3) is 0 Å². The van der Waals surface area contributed by atoms with Gasteiger partial charge in [0.15, 0.2) is 0 Å². The van der Waals surface area contributed by atoms with Crippen LogP contribution in [0.2, 0.25) is 0 Å². The molecule has 10 rings (SSSR count). The SMILES string of the molecule is CC1(C)c2ccccc2C2(c3ccccc3-c3c(-c4ccc(-c5cc(-c6cccc(C#N)c6)cc(-c6ccccc6)n5)cc4)cccc32)c2ccccc21. The average Bonchev–Trinajstić information content (AvgIpc) is 3.54. The predicted molar refractivity (Wildman–Crippen MR) is 220 cm³/mol. The Kier molecular flexibility index (Phi) is 7.16. The zero-order valence-electron chi connectivity index (χ0n) is 30.2. The summed E-state index contributed by atoms with van der Waals surface area (Å²) in [6.45, 7) is 4.74. The third-order valence-corrected chi connectivity index (χ3v) is 11.8. The first-order valence-corrected chi connectivity index (χ1v) is 18.6. The summed E-state index contributed by atoms with van der Waals surface area (Å²) in [4.78, 5) is 5.18. The van der Waals surface area contributed by atoms with Gasteiger partial charge in [0.05, 0.1) is 28.4 Å². The Morgan fingerprint density at radius 2 is 0.907 bits per heavy atom. The lowest BCUT2D eigenvalue weighted by molar-refractivity contribution is 0.563. The number of pyridine rings is 1. The first-order chi connectivity index (χ1) is 26.5. The minimum atomic E-state index is -0.425. The van der Waals surface area contributed by atoms with Gasteiger partial charge in [-0.25, -0.2) is 4.98 Å². The molecule has 254 valence electrons. The molecule has 7 aromatic carbocycles. The molecular weight excluding hydrogens is 653 g/mol. The van der Waals surface area contributed by atoms with Crippen molar-refractivity contribution in [3.8, 4) is 62.0 Å². The molecule has 1 heterocycles. The number of aromatic nitrogens is 1. The zero-order chi connectivity index (χ0) is 36.4. The molecule has 0 bridgehead atoms. The van der Waals surface area contributed by atoms with E-state index >= 15 is 0 Å². The number of hydrogen-bond acceptors (Lipinski definition) is 2. The van der Waals surface area contributed by atoms with E-state index in [0.717, 1.165) is 33.6 Å². The zero-order valence-corrected chi connectivity index (χ0v) is 30.2. The van der Waals surface area contributed by atoms with Crippen LogP contribution in [0, 0.1) is 11.3 Å². The van der Waals surface area contributed by atoms with E-state index in [1.54, 1.807) is 0 Å². The van der Waals surface area contributed by atoms with Gasteiger partial charge in [-0.3, -0.25) is 0 Å². The Balaban J connectivity index is 1.14. The van der Waals surface area contributed by atoms with Crippen LogP contribution >= 0.6 is 0 Å². The Morgan fingerprint density at radius 3 is 1.57 bits per heavy atom. The highest BCUT2D eigenvalue weighted by atomic mass is 14.7. The van der Waals surface area contributed by atoms with Gasteiger partial charge in [-0.2, -0.15) is 5.26 Å². The Labute approximate surface area is 316 Å². The van der Waals surface area contributed by atoms with Crippen LogP contribution in [0.3, 0.4) is 0 Å². The van der Waals surface area contributed by atoms with E-state index < -0.39 is 5.41 Å². The molecule has 0 amide bonds. The molecule has 2 aliphatic carbocycles. The number of nitriles is 1. The Hall–Kier alpha value is -6.82. The topological polar surface area (TPSA) is 36.7 Å². The third kappa shape index (κ3) is 4.62. The van der Waals surface area contributed by atoms with Gasteiger partial charge in [0, 0.05) is 16.5 Å². The maximum Gasteiger partial charge on any atom is 0.0991 e. The molecule has 2 aliphatic rings. The van der Waals surface area contributed by atoms with Gasteiger partial charge in [0.1, 0.15) is 0 Å². The van der Waals surface area contributed by atoms with Gasteiger partial charge in [0.2, 0.25) is 0 Å². The maximum atomic E-state index is 9.62. The number of fused-ring (bicyclic) bond motifs is 9. The molecular formula is C52H36N2. The lowest BCUT2D eigenvalue weighted by atomic mass is 9.55. The molecule has 0 saturated heterocycles. The van der Waals surface area contributed by atoms with Crippen molar-refractivity contribution in [2.45, 2.75) is 24.7 Å². The normalized spacial score (nSPS) is 14.0. The van der Waals surface area contributed by atoms with Gasteiger partial charge in [-0.05, 0) is 91.0 Å². The molecule has 0 N–H and O–H groups in total. The van der Waals surface area contributed by atoms with Crippen molar-refractivity contribution in [2.24, 2.45) is 0 Å². The van der Waals surface area contributed by atoms with Gasteiger partial charge < -0.3 is 0 Å². The van der Waals surface area contributed by atoms with Crippen LogP contribution in [0.1, 0.15) is 52.8 Å². The van der Waals surface area contributed by atoms with E-state index in [1.807, 2.05) is 36.4 Å². The summed E-state index contributed by atoms with van der Waals surface area (Å²) in [5.74, 6) is 0. The number of nitrogens with zero attached hydrogens (tertiary/aromatic N) is 2. The van der Waals surface area contributed by atoms with Crippen LogP contribution in [0.15, 0.2) is 182 Å². The van der Waals surface area contributed by atoms with Crippen LogP contribution in [0.25, 0.3) is 55.9 Å². The van der Waals surface area contributed by atoms with Crippen LogP contribution in [0.4, 0.5) is 0 Å². The summed E-state index contributed by atoms with van der Waals surface area (Å²) in [6, 6.07) is 67.7. The standard InChI is InChI=1S/C52H36N2/c1-51(2)43-21-8-10-23-45(43)52(46-24-11-9-22-44(46)51)42-20-7-6-18-41(42)50-40(19-13-25-47(50)52)35-26-28-37(29-27-35)49-32-39(38-17-12-14-34(30-38)33-53)31-48(54-49)36-15-4-3-5-16-36/h3-32H,1-2H3. The van der Waals surface area contributed by atoms with E-state index in [9.17, 15) is 5.26 Å². The molecule has 0 aliphatic heterocycles. The second kappa shape index (κ2) is 12.1. The smallest absolute Gasteiger partial charge is 0.0991 e. The highest BCUT2D eigenvalue weighted by Gasteiger charge is 2.53. The molecule has 0 atom stereocenters. The van der Waals surface area contributed by atoms with Crippen LogP contribution < -0.4 is 0 Å². The monoisotopic (exact) mass is 688 g/mol. The molecule has 1 spiro atoms. The van der Waals surface area contributed by atoms with Crippen molar-refractivity contribution < 1.29 is 0 Å². The summed E-state index contributed by atoms with van der Waals surface area (Å²) in [7, 11) is 0. The lowest BCUT2D eigenvalue weighted by Gasteiger charge is -2.46. The van der Waals surface area contributed by atoms with Crippen molar-refractivity contribution in [2.75, 3.05) is 0 Å². The van der Waals surface area contributed by atoms with Crippen molar-refractivity contribution in [3.05, 3.63) is 221 Å². The largest absolute Gasteiger partial charge is 0.248 e. The fourth-order valence-corrected chi connectivity index (χ4v) is 9.34. The highest BCUT2D eigenvalue weighted by molar-refractivity contribution is 5.96. The van der Waals surface area contributed by atoms with E-state index in [1.165, 1.54) is 55.6 Å². The molecule has 0 unspecified atom stereocenters. The average molecular weight is 689 g/mol. The van der Waals surface area contributed by atoms with E-state index in [0.29, 0.717) is 5.56 Å². The molecule has 2 nitrogen and oxygen atoms in total. The quantitative estimate of drug-likeness (QED) is 0.185. The van der Waals surface area contributed by atoms with E-state index in [-0.39, 0.29) is 5.41 Å². The van der Waals surface area contributed by atoms with E-state index in [4.69, 9.17) is 4.98 Å². The van der Waals surface area contributed by atoms with Gasteiger partial charge in [-0.1, -0.05) is 172 Å². The maximum absolute atomic E-state index is 9.62. The second-order valence-corrected chi connectivity index (χ2v) is 15.0. The highest BCUT2D eigenvalue weighted by Crippen LogP contribution is 2.63. The summed E-state index contributed by atoms with van der Waals surface area (Å²) < 4.78 is 0. The van der Waals surface area contributed by atoms with Crippen molar-refractivity contribution in [1.29, 1.82) is 5.26 Å². The molecule has 2 heteroatoms.